The van der Waals surface area contributed by atoms with Gasteiger partial charge in [-0.15, -0.1) is 18.4 Å². The van der Waals surface area contributed by atoms with Crippen LogP contribution in [-0.4, -0.2) is 6.61 Å². The average Bonchev–Trinajstić information content (AvgIpc) is 2.39. The fourth-order valence-electron chi connectivity index (χ4n) is 1.69. The van der Waals surface area contributed by atoms with Crippen LogP contribution in [0.25, 0.3) is 0 Å². The average molecular weight is 238 g/mol. The van der Waals surface area contributed by atoms with Gasteiger partial charge in [-0.25, -0.2) is 0 Å². The van der Waals surface area contributed by atoms with Crippen LogP contribution in [0.4, 0.5) is 0 Å². The van der Waals surface area contributed by atoms with Crippen LogP contribution in [0, 0.1) is 23.7 Å². The number of para-hydroxylation sites is 1. The molecule has 1 aromatic rings. The summed E-state index contributed by atoms with van der Waals surface area (Å²) < 4.78 is 5.68. The first-order chi connectivity index (χ1) is 8.83. The van der Waals surface area contributed by atoms with Crippen molar-refractivity contribution in [1.82, 2.24) is 0 Å². The van der Waals surface area contributed by atoms with Crippen molar-refractivity contribution in [1.29, 1.82) is 0 Å². The molecular weight excluding hydrogens is 220 g/mol. The third-order valence-corrected chi connectivity index (χ3v) is 2.49. The van der Waals surface area contributed by atoms with E-state index in [-0.39, 0.29) is 5.92 Å². The summed E-state index contributed by atoms with van der Waals surface area (Å²) in [5, 5.41) is 0. The third kappa shape index (κ3) is 4.04. The first kappa shape index (κ1) is 13.9. The number of hydrogen-bond acceptors (Lipinski definition) is 1. The molecular formula is C17H18O. The summed E-state index contributed by atoms with van der Waals surface area (Å²) in [5.74, 6) is 12.9. The van der Waals surface area contributed by atoms with Crippen LogP contribution < -0.4 is 4.74 Å². The van der Waals surface area contributed by atoms with Gasteiger partial charge in [0, 0.05) is 5.56 Å². The van der Waals surface area contributed by atoms with Gasteiger partial charge >= 0.3 is 0 Å². The van der Waals surface area contributed by atoms with Gasteiger partial charge in [0.15, 0.2) is 0 Å². The molecule has 1 aromatic carbocycles. The zero-order chi connectivity index (χ0) is 13.2. The predicted molar refractivity (Wildman–Crippen MR) is 76.4 cm³/mol. The van der Waals surface area contributed by atoms with Crippen LogP contribution in [0.3, 0.4) is 0 Å². The van der Waals surface area contributed by atoms with E-state index in [0.29, 0.717) is 6.61 Å². The Kier molecular flexibility index (Phi) is 6.23. The van der Waals surface area contributed by atoms with Gasteiger partial charge in [0.2, 0.25) is 0 Å². The van der Waals surface area contributed by atoms with Crippen LogP contribution in [0.1, 0.15) is 31.7 Å². The lowest BCUT2D eigenvalue weighted by atomic mass is 9.95. The van der Waals surface area contributed by atoms with Crippen molar-refractivity contribution in [2.75, 3.05) is 6.61 Å². The summed E-state index contributed by atoms with van der Waals surface area (Å²) in [6.45, 7) is 7.85. The highest BCUT2D eigenvalue weighted by Crippen LogP contribution is 2.28. The minimum absolute atomic E-state index is 0.137. The Morgan fingerprint density at radius 1 is 1.28 bits per heavy atom. The van der Waals surface area contributed by atoms with Crippen LogP contribution in [0.2, 0.25) is 0 Å². The summed E-state index contributed by atoms with van der Waals surface area (Å²) >= 11 is 0. The Morgan fingerprint density at radius 3 is 2.72 bits per heavy atom. The smallest absolute Gasteiger partial charge is 0.149 e. The summed E-state index contributed by atoms with van der Waals surface area (Å²) in [4.78, 5) is 0. The van der Waals surface area contributed by atoms with Crippen LogP contribution >= 0.6 is 0 Å². The van der Waals surface area contributed by atoms with Crippen molar-refractivity contribution >= 4 is 0 Å². The molecule has 0 N–H and O–H groups in total. The van der Waals surface area contributed by atoms with Crippen molar-refractivity contribution in [2.45, 2.75) is 26.2 Å². The summed E-state index contributed by atoms with van der Waals surface area (Å²) in [6.07, 6.45) is 2.71. The summed E-state index contributed by atoms with van der Waals surface area (Å²) in [7, 11) is 0. The Hall–Kier alpha value is -2.12. The SMILES string of the molecule is C=CCC(C#CC)c1ccccc1OCC#CC. The van der Waals surface area contributed by atoms with Gasteiger partial charge in [-0.3, -0.25) is 0 Å². The molecule has 1 unspecified atom stereocenters. The van der Waals surface area contributed by atoms with E-state index in [0.717, 1.165) is 17.7 Å². The van der Waals surface area contributed by atoms with E-state index in [9.17, 15) is 0 Å². The van der Waals surface area contributed by atoms with Crippen molar-refractivity contribution in [2.24, 2.45) is 0 Å². The highest BCUT2D eigenvalue weighted by Gasteiger charge is 2.12. The molecule has 0 aromatic heterocycles. The molecule has 0 saturated heterocycles. The molecule has 0 bridgehead atoms. The molecule has 0 aliphatic rings. The Labute approximate surface area is 110 Å². The Balaban J connectivity index is 2.98. The third-order valence-electron chi connectivity index (χ3n) is 2.49. The zero-order valence-corrected chi connectivity index (χ0v) is 11.0. The standard InChI is InChI=1S/C17H18O/c1-4-7-14-18-17-13-9-8-12-16(17)15(10-5-2)11-6-3/h5,8-9,12-13,15H,2,10,14H2,1,3H3. The lowest BCUT2D eigenvalue weighted by Gasteiger charge is -2.14. The first-order valence-corrected chi connectivity index (χ1v) is 5.98. The van der Waals surface area contributed by atoms with Gasteiger partial charge in [-0.1, -0.05) is 36.1 Å². The molecule has 0 saturated carbocycles. The lowest BCUT2D eigenvalue weighted by Crippen LogP contribution is -2.01. The molecule has 1 nitrogen and oxygen atoms in total. The molecule has 0 amide bonds. The molecule has 0 fully saturated rings. The number of benzene rings is 1. The molecule has 1 rings (SSSR count). The van der Waals surface area contributed by atoms with Crippen LogP contribution in [-0.2, 0) is 0 Å². The maximum atomic E-state index is 5.68. The minimum Gasteiger partial charge on any atom is -0.481 e. The number of rotatable bonds is 5. The van der Waals surface area contributed by atoms with Gasteiger partial charge in [0.1, 0.15) is 12.4 Å². The lowest BCUT2D eigenvalue weighted by molar-refractivity contribution is 0.365. The fourth-order valence-corrected chi connectivity index (χ4v) is 1.69. The molecule has 0 radical (unpaired) electrons. The van der Waals surface area contributed by atoms with E-state index in [1.807, 2.05) is 37.3 Å². The maximum Gasteiger partial charge on any atom is 0.149 e. The Morgan fingerprint density at radius 2 is 2.06 bits per heavy atom. The second-order valence-corrected chi connectivity index (χ2v) is 3.72. The Bertz CT molecular complexity index is 506. The predicted octanol–water partition coefficient (Wildman–Crippen LogP) is 3.77. The van der Waals surface area contributed by atoms with Crippen LogP contribution in [0.15, 0.2) is 36.9 Å². The van der Waals surface area contributed by atoms with E-state index >= 15 is 0 Å². The minimum atomic E-state index is 0.137. The summed E-state index contributed by atoms with van der Waals surface area (Å²) in [5.41, 5.74) is 1.10. The molecule has 92 valence electrons. The maximum absolute atomic E-state index is 5.68. The second-order valence-electron chi connectivity index (χ2n) is 3.72. The van der Waals surface area contributed by atoms with E-state index in [1.54, 1.807) is 6.92 Å². The fraction of sp³-hybridized carbons (Fsp3) is 0.294. The second kappa shape index (κ2) is 8.04. The monoisotopic (exact) mass is 238 g/mol. The quantitative estimate of drug-likeness (QED) is 0.560. The van der Waals surface area contributed by atoms with E-state index in [4.69, 9.17) is 4.74 Å². The normalized spacial score (nSPS) is 10.3. The first-order valence-electron chi connectivity index (χ1n) is 5.98. The largest absolute Gasteiger partial charge is 0.481 e. The zero-order valence-electron chi connectivity index (χ0n) is 11.0. The van der Waals surface area contributed by atoms with E-state index < -0.39 is 0 Å². The topological polar surface area (TPSA) is 9.23 Å². The van der Waals surface area contributed by atoms with E-state index in [1.165, 1.54) is 0 Å². The van der Waals surface area contributed by atoms with Gasteiger partial charge < -0.3 is 4.74 Å². The van der Waals surface area contributed by atoms with Crippen LogP contribution in [0.5, 0.6) is 5.75 Å². The van der Waals surface area contributed by atoms with Gasteiger partial charge in [0.05, 0.1) is 5.92 Å². The summed E-state index contributed by atoms with van der Waals surface area (Å²) in [6, 6.07) is 7.97. The highest BCUT2D eigenvalue weighted by molar-refractivity contribution is 5.41. The van der Waals surface area contributed by atoms with Gasteiger partial charge in [0.25, 0.3) is 0 Å². The molecule has 0 aliphatic heterocycles. The van der Waals surface area contributed by atoms with Crippen molar-refractivity contribution < 1.29 is 4.74 Å². The molecule has 0 aliphatic carbocycles. The number of hydrogen-bond donors (Lipinski definition) is 0. The van der Waals surface area contributed by atoms with Crippen molar-refractivity contribution in [3.05, 3.63) is 42.5 Å². The molecule has 1 heteroatoms. The van der Waals surface area contributed by atoms with Crippen molar-refractivity contribution in [3.63, 3.8) is 0 Å². The van der Waals surface area contributed by atoms with E-state index in [2.05, 4.69) is 30.3 Å². The van der Waals surface area contributed by atoms with Gasteiger partial charge in [-0.05, 0) is 26.3 Å². The van der Waals surface area contributed by atoms with Gasteiger partial charge in [-0.2, -0.15) is 0 Å². The molecule has 0 heterocycles. The number of ether oxygens (including phenoxy) is 1. The number of allylic oxidation sites excluding steroid dienone is 1. The molecule has 1 atom stereocenters. The highest BCUT2D eigenvalue weighted by atomic mass is 16.5. The molecule has 18 heavy (non-hydrogen) atoms. The van der Waals surface area contributed by atoms with Crippen molar-refractivity contribution in [3.8, 4) is 29.4 Å². The molecule has 0 spiro atoms.